The lowest BCUT2D eigenvalue weighted by Crippen LogP contribution is -2.15. The largest absolute Gasteiger partial charge is 0.493 e. The highest BCUT2D eigenvalue weighted by Gasteiger charge is 2.12. The number of rotatable bonds is 4. The lowest BCUT2D eigenvalue weighted by atomic mass is 10.2. The van der Waals surface area contributed by atoms with E-state index in [9.17, 15) is 4.79 Å². The molecule has 0 bridgehead atoms. The van der Waals surface area contributed by atoms with Gasteiger partial charge in [-0.05, 0) is 43.3 Å². The summed E-state index contributed by atoms with van der Waals surface area (Å²) in [5.41, 5.74) is 1.45. The average molecular weight is 377 g/mol. The van der Waals surface area contributed by atoms with Gasteiger partial charge in [-0.1, -0.05) is 22.9 Å². The van der Waals surface area contributed by atoms with Gasteiger partial charge < -0.3 is 14.0 Å². The Kier molecular flexibility index (Phi) is 5.11. The highest BCUT2D eigenvalue weighted by molar-refractivity contribution is 7.16. The van der Waals surface area contributed by atoms with E-state index in [-0.39, 0.29) is 5.91 Å². The van der Waals surface area contributed by atoms with Crippen LogP contribution in [-0.2, 0) is 6.54 Å². The Morgan fingerprint density at radius 1 is 1.16 bits per heavy atom. The van der Waals surface area contributed by atoms with Crippen LogP contribution in [0.4, 0.5) is 0 Å². The van der Waals surface area contributed by atoms with Crippen LogP contribution in [0.2, 0.25) is 5.02 Å². The number of amides is 1. The lowest BCUT2D eigenvalue weighted by Gasteiger charge is -2.07. The van der Waals surface area contributed by atoms with Gasteiger partial charge in [0.25, 0.3) is 5.91 Å². The van der Waals surface area contributed by atoms with E-state index in [0.717, 1.165) is 10.2 Å². The summed E-state index contributed by atoms with van der Waals surface area (Å²) in [5.74, 6) is 0.732. The first-order valence-corrected chi connectivity index (χ1v) is 8.86. The van der Waals surface area contributed by atoms with Crippen molar-refractivity contribution in [3.8, 4) is 11.5 Å². The monoisotopic (exact) mass is 376 g/mol. The zero-order chi connectivity index (χ0) is 18.0. The molecule has 25 heavy (non-hydrogen) atoms. The van der Waals surface area contributed by atoms with Crippen LogP contribution in [0, 0.1) is 0 Å². The number of aryl methyl sites for hydroxylation is 1. The summed E-state index contributed by atoms with van der Waals surface area (Å²) in [4.78, 5) is 17.5. The number of fused-ring (bicyclic) bond motifs is 1. The minimum absolute atomic E-state index is 0.333. The van der Waals surface area contributed by atoms with Crippen molar-refractivity contribution < 1.29 is 14.3 Å². The SMILES string of the molecule is CCn1c(=NC(=O)c2ccc(OC)c(OC)c2)sc2cc(Cl)ccc21. The van der Waals surface area contributed by atoms with Crippen LogP contribution in [0.25, 0.3) is 10.2 Å². The van der Waals surface area contributed by atoms with Gasteiger partial charge in [0, 0.05) is 17.1 Å². The van der Waals surface area contributed by atoms with Gasteiger partial charge in [-0.2, -0.15) is 4.99 Å². The van der Waals surface area contributed by atoms with Crippen LogP contribution in [0.1, 0.15) is 17.3 Å². The van der Waals surface area contributed by atoms with Gasteiger partial charge in [0.05, 0.1) is 24.4 Å². The van der Waals surface area contributed by atoms with E-state index in [1.807, 2.05) is 29.7 Å². The van der Waals surface area contributed by atoms with E-state index in [2.05, 4.69) is 4.99 Å². The van der Waals surface area contributed by atoms with Gasteiger partial charge in [-0.25, -0.2) is 0 Å². The number of benzene rings is 2. The summed E-state index contributed by atoms with van der Waals surface area (Å²) >= 11 is 7.50. The number of methoxy groups -OCH3 is 2. The Balaban J connectivity index is 2.08. The molecule has 0 spiro atoms. The molecule has 2 aromatic carbocycles. The zero-order valence-corrected chi connectivity index (χ0v) is 15.6. The van der Waals surface area contributed by atoms with E-state index in [0.29, 0.717) is 33.4 Å². The van der Waals surface area contributed by atoms with Crippen LogP contribution in [0.15, 0.2) is 41.4 Å². The van der Waals surface area contributed by atoms with Crippen LogP contribution < -0.4 is 14.3 Å². The van der Waals surface area contributed by atoms with Gasteiger partial charge in [-0.15, -0.1) is 0 Å². The van der Waals surface area contributed by atoms with E-state index >= 15 is 0 Å². The van der Waals surface area contributed by atoms with E-state index in [1.165, 1.54) is 18.4 Å². The first kappa shape index (κ1) is 17.5. The maximum absolute atomic E-state index is 12.6. The van der Waals surface area contributed by atoms with Gasteiger partial charge in [0.1, 0.15) is 0 Å². The molecule has 0 radical (unpaired) electrons. The number of ether oxygens (including phenoxy) is 2. The minimum atomic E-state index is -0.333. The molecule has 0 N–H and O–H groups in total. The molecule has 0 saturated heterocycles. The summed E-state index contributed by atoms with van der Waals surface area (Å²) in [6.45, 7) is 2.72. The van der Waals surface area contributed by atoms with Crippen molar-refractivity contribution in [2.24, 2.45) is 4.99 Å². The Bertz CT molecular complexity index is 1010. The Morgan fingerprint density at radius 3 is 2.60 bits per heavy atom. The van der Waals surface area contributed by atoms with Gasteiger partial charge >= 0.3 is 0 Å². The first-order valence-electron chi connectivity index (χ1n) is 7.67. The summed E-state index contributed by atoms with van der Waals surface area (Å²) in [6, 6.07) is 10.7. The topological polar surface area (TPSA) is 52.8 Å². The van der Waals surface area contributed by atoms with Crippen molar-refractivity contribution in [1.29, 1.82) is 0 Å². The molecule has 3 rings (SSSR count). The lowest BCUT2D eigenvalue weighted by molar-refractivity contribution is 0.0997. The van der Waals surface area contributed by atoms with Crippen LogP contribution >= 0.6 is 22.9 Å². The number of thiazole rings is 1. The summed E-state index contributed by atoms with van der Waals surface area (Å²) in [5, 5.41) is 0.662. The van der Waals surface area contributed by atoms with Gasteiger partial charge in [0.2, 0.25) is 0 Å². The molecular formula is C18H17ClN2O3S. The molecule has 3 aromatic rings. The molecule has 0 atom stereocenters. The molecule has 1 heterocycles. The van der Waals surface area contributed by atoms with E-state index < -0.39 is 0 Å². The highest BCUT2D eigenvalue weighted by Crippen LogP contribution is 2.28. The second-order valence-corrected chi connectivity index (χ2v) is 6.67. The van der Waals surface area contributed by atoms with Crippen molar-refractivity contribution >= 4 is 39.1 Å². The number of hydrogen-bond donors (Lipinski definition) is 0. The molecule has 0 saturated carbocycles. The van der Waals surface area contributed by atoms with Crippen molar-refractivity contribution in [2.45, 2.75) is 13.5 Å². The third-order valence-electron chi connectivity index (χ3n) is 3.79. The molecular weight excluding hydrogens is 360 g/mol. The Hall–Kier alpha value is -2.31. The molecule has 1 amide bonds. The third-order valence-corrected chi connectivity index (χ3v) is 5.06. The quantitative estimate of drug-likeness (QED) is 0.687. The molecule has 7 heteroatoms. The van der Waals surface area contributed by atoms with E-state index in [1.54, 1.807) is 25.3 Å². The third kappa shape index (κ3) is 3.41. The molecule has 0 fully saturated rings. The Morgan fingerprint density at radius 2 is 1.92 bits per heavy atom. The van der Waals surface area contributed by atoms with Gasteiger partial charge in [0.15, 0.2) is 16.3 Å². The van der Waals surface area contributed by atoms with Crippen LogP contribution in [0.3, 0.4) is 0 Å². The van der Waals surface area contributed by atoms with Crippen molar-refractivity contribution in [1.82, 2.24) is 4.57 Å². The van der Waals surface area contributed by atoms with E-state index in [4.69, 9.17) is 21.1 Å². The zero-order valence-electron chi connectivity index (χ0n) is 14.1. The Labute approximate surface area is 154 Å². The molecule has 0 unspecified atom stereocenters. The summed E-state index contributed by atoms with van der Waals surface area (Å²) in [7, 11) is 3.08. The standard InChI is InChI=1S/C18H17ClN2O3S/c1-4-21-13-7-6-12(19)10-16(13)25-18(21)20-17(22)11-5-8-14(23-2)15(9-11)24-3/h5-10H,4H2,1-3H3. The smallest absolute Gasteiger partial charge is 0.279 e. The number of carbonyl (C=O) groups excluding carboxylic acids is 1. The van der Waals surface area contributed by atoms with Crippen molar-refractivity contribution in [3.05, 3.63) is 51.8 Å². The number of carbonyl (C=O) groups is 1. The average Bonchev–Trinajstić information content (AvgIpc) is 2.96. The molecule has 1 aromatic heterocycles. The second-order valence-electron chi connectivity index (χ2n) is 5.23. The summed E-state index contributed by atoms with van der Waals surface area (Å²) < 4.78 is 13.4. The second kappa shape index (κ2) is 7.29. The fourth-order valence-electron chi connectivity index (χ4n) is 2.56. The fourth-order valence-corrected chi connectivity index (χ4v) is 3.93. The molecule has 0 aliphatic rings. The van der Waals surface area contributed by atoms with Crippen LogP contribution in [-0.4, -0.2) is 24.7 Å². The number of hydrogen-bond acceptors (Lipinski definition) is 4. The maximum Gasteiger partial charge on any atom is 0.279 e. The van der Waals surface area contributed by atoms with Crippen molar-refractivity contribution in [3.63, 3.8) is 0 Å². The summed E-state index contributed by atoms with van der Waals surface area (Å²) in [6.07, 6.45) is 0. The fraction of sp³-hybridized carbons (Fsp3) is 0.222. The molecule has 5 nitrogen and oxygen atoms in total. The maximum atomic E-state index is 12.6. The molecule has 0 aliphatic heterocycles. The number of halogens is 1. The van der Waals surface area contributed by atoms with Crippen molar-refractivity contribution in [2.75, 3.05) is 14.2 Å². The minimum Gasteiger partial charge on any atom is -0.493 e. The number of aromatic nitrogens is 1. The molecule has 130 valence electrons. The first-order chi connectivity index (χ1) is 12.1. The predicted molar refractivity (Wildman–Crippen MR) is 99.9 cm³/mol. The predicted octanol–water partition coefficient (Wildman–Crippen LogP) is 4.13. The molecule has 0 aliphatic carbocycles. The van der Waals surface area contributed by atoms with Crippen LogP contribution in [0.5, 0.6) is 11.5 Å². The number of nitrogens with zero attached hydrogens (tertiary/aromatic N) is 2. The highest BCUT2D eigenvalue weighted by atomic mass is 35.5. The normalized spacial score (nSPS) is 11.8. The van der Waals surface area contributed by atoms with Gasteiger partial charge in [-0.3, -0.25) is 4.79 Å².